The van der Waals surface area contributed by atoms with Gasteiger partial charge in [0.2, 0.25) is 10.0 Å². The lowest BCUT2D eigenvalue weighted by molar-refractivity contribution is 0.374. The van der Waals surface area contributed by atoms with Gasteiger partial charge in [0.15, 0.2) is 0 Å². The molecule has 0 spiro atoms. The number of para-hydroxylation sites is 3. The Morgan fingerprint density at radius 1 is 1.16 bits per heavy atom. The fourth-order valence-corrected chi connectivity index (χ4v) is 5.21. The number of nitrogens with zero attached hydrogens (tertiary/aromatic N) is 2. The lowest BCUT2D eigenvalue weighted by atomic mass is 10.2. The molecule has 1 N–H and O–H groups in total. The first-order valence-electron chi connectivity index (χ1n) is 8.21. The van der Waals surface area contributed by atoms with Gasteiger partial charge in [0, 0.05) is 6.54 Å². The monoisotopic (exact) mass is 357 g/mol. The highest BCUT2D eigenvalue weighted by molar-refractivity contribution is 7.89. The number of methoxy groups -OCH3 is 1. The third-order valence-electron chi connectivity index (χ3n) is 4.58. The molecule has 1 fully saturated rings. The Balaban J connectivity index is 1.76. The lowest BCUT2D eigenvalue weighted by Crippen LogP contribution is -2.31. The first kappa shape index (κ1) is 16.1. The van der Waals surface area contributed by atoms with Crippen molar-refractivity contribution in [1.82, 2.24) is 14.3 Å². The maximum absolute atomic E-state index is 13.2. The molecule has 2 heterocycles. The average molecular weight is 357 g/mol. The summed E-state index contributed by atoms with van der Waals surface area (Å²) in [4.78, 5) is 8.07. The van der Waals surface area contributed by atoms with Gasteiger partial charge in [-0.25, -0.2) is 13.4 Å². The van der Waals surface area contributed by atoms with Crippen molar-refractivity contribution in [1.29, 1.82) is 0 Å². The zero-order valence-electron chi connectivity index (χ0n) is 13.8. The molecule has 0 amide bonds. The number of benzene rings is 2. The molecule has 1 saturated heterocycles. The number of ether oxygens (including phenoxy) is 1. The molecule has 1 aliphatic rings. The molecule has 7 heteroatoms. The van der Waals surface area contributed by atoms with Gasteiger partial charge >= 0.3 is 0 Å². The third-order valence-corrected chi connectivity index (χ3v) is 6.53. The summed E-state index contributed by atoms with van der Waals surface area (Å²) in [7, 11) is -2.19. The van der Waals surface area contributed by atoms with Crippen LogP contribution in [0.2, 0.25) is 0 Å². The zero-order valence-corrected chi connectivity index (χ0v) is 14.7. The number of hydrogen-bond donors (Lipinski definition) is 1. The van der Waals surface area contributed by atoms with E-state index in [2.05, 4.69) is 9.97 Å². The number of aromatic amines is 1. The topological polar surface area (TPSA) is 75.3 Å². The Kier molecular flexibility index (Phi) is 3.97. The number of sulfonamides is 1. The van der Waals surface area contributed by atoms with E-state index in [0.717, 1.165) is 23.9 Å². The van der Waals surface area contributed by atoms with Crippen molar-refractivity contribution in [2.24, 2.45) is 0 Å². The molecule has 4 rings (SSSR count). The molecule has 1 aliphatic heterocycles. The highest BCUT2D eigenvalue weighted by Gasteiger charge is 2.39. The van der Waals surface area contributed by atoms with Crippen molar-refractivity contribution in [2.75, 3.05) is 13.7 Å². The van der Waals surface area contributed by atoms with Gasteiger partial charge in [-0.3, -0.25) is 0 Å². The van der Waals surface area contributed by atoms with E-state index >= 15 is 0 Å². The van der Waals surface area contributed by atoms with E-state index < -0.39 is 10.0 Å². The summed E-state index contributed by atoms with van der Waals surface area (Å²) in [6.07, 6.45) is 1.55. The average Bonchev–Trinajstić information content (AvgIpc) is 3.28. The van der Waals surface area contributed by atoms with Crippen LogP contribution in [0, 0.1) is 0 Å². The Hall–Kier alpha value is -2.38. The number of rotatable bonds is 4. The minimum absolute atomic E-state index is 0.195. The predicted molar refractivity (Wildman–Crippen MR) is 95.0 cm³/mol. The summed E-state index contributed by atoms with van der Waals surface area (Å²) >= 11 is 0. The number of imidazole rings is 1. The molecule has 1 aromatic heterocycles. The molecule has 0 aliphatic carbocycles. The van der Waals surface area contributed by atoms with E-state index in [4.69, 9.17) is 4.74 Å². The normalized spacial score (nSPS) is 18.7. The molecular formula is C18H19N3O3S. The Bertz CT molecular complexity index is 980. The number of hydrogen-bond acceptors (Lipinski definition) is 4. The predicted octanol–water partition coefficient (Wildman–Crippen LogP) is 3.10. The largest absolute Gasteiger partial charge is 0.495 e. The van der Waals surface area contributed by atoms with Crippen LogP contribution in [0.5, 0.6) is 5.75 Å². The Morgan fingerprint density at radius 3 is 2.72 bits per heavy atom. The summed E-state index contributed by atoms with van der Waals surface area (Å²) in [6.45, 7) is 0.474. The Labute approximate surface area is 146 Å². The van der Waals surface area contributed by atoms with Gasteiger partial charge in [0.05, 0.1) is 24.2 Å². The van der Waals surface area contributed by atoms with Gasteiger partial charge in [0.1, 0.15) is 16.5 Å². The molecular weight excluding hydrogens is 338 g/mol. The molecule has 2 aromatic carbocycles. The van der Waals surface area contributed by atoms with Gasteiger partial charge < -0.3 is 9.72 Å². The van der Waals surface area contributed by atoms with E-state index in [-0.39, 0.29) is 10.9 Å². The lowest BCUT2D eigenvalue weighted by Gasteiger charge is -2.23. The quantitative estimate of drug-likeness (QED) is 0.778. The van der Waals surface area contributed by atoms with Crippen LogP contribution >= 0.6 is 0 Å². The minimum atomic E-state index is -3.67. The van der Waals surface area contributed by atoms with Crippen molar-refractivity contribution in [3.63, 3.8) is 0 Å². The van der Waals surface area contributed by atoms with Crippen LogP contribution in [-0.2, 0) is 10.0 Å². The number of aromatic nitrogens is 2. The molecule has 3 aromatic rings. The second kappa shape index (κ2) is 6.16. The second-order valence-electron chi connectivity index (χ2n) is 6.06. The third kappa shape index (κ3) is 2.69. The van der Waals surface area contributed by atoms with Crippen LogP contribution < -0.4 is 4.74 Å². The van der Waals surface area contributed by atoms with Crippen LogP contribution in [0.15, 0.2) is 53.4 Å². The molecule has 6 nitrogen and oxygen atoms in total. The molecule has 0 bridgehead atoms. The fourth-order valence-electron chi connectivity index (χ4n) is 3.39. The van der Waals surface area contributed by atoms with Gasteiger partial charge in [0.25, 0.3) is 0 Å². The standard InChI is InChI=1S/C18H19N3O3S/c1-24-16-10-4-5-11-17(16)25(22,23)21-12-6-9-15(21)18-19-13-7-2-3-8-14(13)20-18/h2-5,7-8,10-11,15H,6,9,12H2,1H3,(H,19,20). The van der Waals surface area contributed by atoms with E-state index in [1.807, 2.05) is 24.3 Å². The Morgan fingerprint density at radius 2 is 1.92 bits per heavy atom. The van der Waals surface area contributed by atoms with Crippen molar-refractivity contribution in [2.45, 2.75) is 23.8 Å². The molecule has 0 saturated carbocycles. The van der Waals surface area contributed by atoms with Crippen molar-refractivity contribution in [3.8, 4) is 5.75 Å². The SMILES string of the molecule is COc1ccccc1S(=O)(=O)N1CCCC1c1nc2ccccc2[nH]1. The molecule has 130 valence electrons. The van der Waals surface area contributed by atoms with E-state index in [1.165, 1.54) is 11.4 Å². The minimum Gasteiger partial charge on any atom is -0.495 e. The van der Waals surface area contributed by atoms with Gasteiger partial charge in [-0.15, -0.1) is 0 Å². The molecule has 1 atom stereocenters. The molecule has 1 unspecified atom stereocenters. The summed E-state index contributed by atoms with van der Waals surface area (Å²) in [6, 6.07) is 14.2. The maximum Gasteiger partial charge on any atom is 0.247 e. The fraction of sp³-hybridized carbons (Fsp3) is 0.278. The maximum atomic E-state index is 13.2. The van der Waals surface area contributed by atoms with Gasteiger partial charge in [-0.05, 0) is 37.1 Å². The van der Waals surface area contributed by atoms with Crippen molar-refractivity contribution in [3.05, 3.63) is 54.4 Å². The van der Waals surface area contributed by atoms with E-state index in [0.29, 0.717) is 18.1 Å². The molecule has 25 heavy (non-hydrogen) atoms. The van der Waals surface area contributed by atoms with Gasteiger partial charge in [-0.2, -0.15) is 4.31 Å². The van der Waals surface area contributed by atoms with Crippen molar-refractivity contribution < 1.29 is 13.2 Å². The summed E-state index contributed by atoms with van der Waals surface area (Å²) in [5.41, 5.74) is 1.76. The second-order valence-corrected chi connectivity index (χ2v) is 7.92. The van der Waals surface area contributed by atoms with Crippen LogP contribution in [0.3, 0.4) is 0 Å². The summed E-state index contributed by atoms with van der Waals surface area (Å²) in [5.74, 6) is 1.05. The van der Waals surface area contributed by atoms with Gasteiger partial charge in [-0.1, -0.05) is 24.3 Å². The number of H-pyrrole nitrogens is 1. The zero-order chi connectivity index (χ0) is 17.4. The van der Waals surface area contributed by atoms with E-state index in [9.17, 15) is 8.42 Å². The smallest absolute Gasteiger partial charge is 0.247 e. The summed E-state index contributed by atoms with van der Waals surface area (Å²) in [5, 5.41) is 0. The van der Waals surface area contributed by atoms with Crippen LogP contribution in [0.4, 0.5) is 0 Å². The van der Waals surface area contributed by atoms with Crippen LogP contribution in [0.1, 0.15) is 24.7 Å². The first-order chi connectivity index (χ1) is 12.1. The van der Waals surface area contributed by atoms with Crippen LogP contribution in [-0.4, -0.2) is 36.3 Å². The highest BCUT2D eigenvalue weighted by atomic mass is 32.2. The highest BCUT2D eigenvalue weighted by Crippen LogP contribution is 2.38. The van der Waals surface area contributed by atoms with Crippen LogP contribution in [0.25, 0.3) is 11.0 Å². The number of nitrogens with one attached hydrogen (secondary N) is 1. The number of fused-ring (bicyclic) bond motifs is 1. The first-order valence-corrected chi connectivity index (χ1v) is 9.65. The van der Waals surface area contributed by atoms with E-state index in [1.54, 1.807) is 24.3 Å². The van der Waals surface area contributed by atoms with Crippen molar-refractivity contribution >= 4 is 21.1 Å². The molecule has 0 radical (unpaired) electrons. The summed E-state index contributed by atoms with van der Waals surface area (Å²) < 4.78 is 33.2.